The van der Waals surface area contributed by atoms with Crippen molar-refractivity contribution < 1.29 is 0 Å². The molecule has 0 fully saturated rings. The Hall–Kier alpha value is -2.70. The maximum absolute atomic E-state index is 4.68. The summed E-state index contributed by atoms with van der Waals surface area (Å²) in [6, 6.07) is 1.94. The van der Waals surface area contributed by atoms with Gasteiger partial charge in [0.1, 0.15) is 0 Å². The van der Waals surface area contributed by atoms with Crippen LogP contribution in [0.15, 0.2) is 18.5 Å². The van der Waals surface area contributed by atoms with Crippen molar-refractivity contribution in [1.29, 1.82) is 0 Å². The topological polar surface area (TPSA) is 84.3 Å². The highest BCUT2D eigenvalue weighted by Crippen LogP contribution is 2.23. The molecule has 4 rings (SSSR count). The zero-order chi connectivity index (χ0) is 18.6. The third kappa shape index (κ3) is 3.72. The Labute approximate surface area is 159 Å². The summed E-state index contributed by atoms with van der Waals surface area (Å²) in [4.78, 5) is 9.05. The van der Waals surface area contributed by atoms with E-state index in [1.807, 2.05) is 16.9 Å². The minimum Gasteiger partial charge on any atom is -0.354 e. The molecular formula is C20H27N7. The Bertz CT molecular complexity index is 909. The van der Waals surface area contributed by atoms with Gasteiger partial charge in [-0.25, -0.2) is 9.97 Å². The number of hydrogen-bond donors (Lipinski definition) is 2. The normalized spacial score (nSPS) is 13.6. The van der Waals surface area contributed by atoms with Crippen LogP contribution in [-0.2, 0) is 25.8 Å². The lowest BCUT2D eigenvalue weighted by atomic mass is 9.95. The maximum atomic E-state index is 4.68. The Balaban J connectivity index is 1.42. The first-order valence-corrected chi connectivity index (χ1v) is 9.91. The van der Waals surface area contributed by atoms with E-state index in [4.69, 9.17) is 0 Å². The summed E-state index contributed by atoms with van der Waals surface area (Å²) in [6.07, 6.45) is 10.5. The molecule has 0 aromatic carbocycles. The standard InChI is InChI=1S/C20H27N7/c1-3-12-27-14(2)16(13-23-27)17-8-10-21-20(24-17)22-11-9-19-15-6-4-5-7-18(15)25-26-19/h8,10,13H,3-7,9,11-12H2,1-2H3,(H,25,26)(H,21,22,24). The van der Waals surface area contributed by atoms with Gasteiger partial charge in [0.2, 0.25) is 5.95 Å². The number of nitrogens with zero attached hydrogens (tertiary/aromatic N) is 5. The minimum atomic E-state index is 0.652. The number of anilines is 1. The lowest BCUT2D eigenvalue weighted by Gasteiger charge is -2.11. The van der Waals surface area contributed by atoms with E-state index in [0.717, 1.165) is 55.7 Å². The molecule has 0 unspecified atom stereocenters. The lowest BCUT2D eigenvalue weighted by molar-refractivity contribution is 0.587. The number of fused-ring (bicyclic) bond motifs is 1. The van der Waals surface area contributed by atoms with Crippen molar-refractivity contribution in [3.05, 3.63) is 41.1 Å². The average molecular weight is 365 g/mol. The van der Waals surface area contributed by atoms with E-state index in [-0.39, 0.29) is 0 Å². The third-order valence-electron chi connectivity index (χ3n) is 5.26. The zero-order valence-electron chi connectivity index (χ0n) is 16.1. The number of rotatable bonds is 7. The van der Waals surface area contributed by atoms with Gasteiger partial charge < -0.3 is 5.32 Å². The molecule has 3 aromatic heterocycles. The molecule has 7 nitrogen and oxygen atoms in total. The minimum absolute atomic E-state index is 0.652. The smallest absolute Gasteiger partial charge is 0.223 e. The summed E-state index contributed by atoms with van der Waals surface area (Å²) in [5, 5.41) is 15.5. The molecule has 3 aromatic rings. The van der Waals surface area contributed by atoms with Crippen molar-refractivity contribution in [1.82, 2.24) is 29.9 Å². The molecule has 3 heterocycles. The van der Waals surface area contributed by atoms with E-state index >= 15 is 0 Å². The van der Waals surface area contributed by atoms with Crippen LogP contribution in [0.5, 0.6) is 0 Å². The van der Waals surface area contributed by atoms with Crippen LogP contribution in [0, 0.1) is 6.92 Å². The van der Waals surface area contributed by atoms with Crippen molar-refractivity contribution in [2.75, 3.05) is 11.9 Å². The average Bonchev–Trinajstić information content (AvgIpc) is 3.27. The van der Waals surface area contributed by atoms with E-state index in [0.29, 0.717) is 5.95 Å². The third-order valence-corrected chi connectivity index (χ3v) is 5.26. The molecule has 1 aliphatic rings. The van der Waals surface area contributed by atoms with E-state index in [1.54, 1.807) is 6.20 Å². The molecular weight excluding hydrogens is 338 g/mol. The van der Waals surface area contributed by atoms with Gasteiger partial charge in [-0.3, -0.25) is 9.78 Å². The molecule has 0 atom stereocenters. The van der Waals surface area contributed by atoms with Crippen LogP contribution in [0.1, 0.15) is 48.8 Å². The van der Waals surface area contributed by atoms with E-state index in [9.17, 15) is 0 Å². The monoisotopic (exact) mass is 365 g/mol. The van der Waals surface area contributed by atoms with Gasteiger partial charge in [0, 0.05) is 42.7 Å². The highest BCUT2D eigenvalue weighted by Gasteiger charge is 2.16. The molecule has 0 saturated heterocycles. The van der Waals surface area contributed by atoms with Gasteiger partial charge in [0.25, 0.3) is 0 Å². The molecule has 1 aliphatic carbocycles. The number of aryl methyl sites for hydroxylation is 2. The molecule has 142 valence electrons. The lowest BCUT2D eigenvalue weighted by Crippen LogP contribution is -2.10. The first kappa shape index (κ1) is 17.7. The van der Waals surface area contributed by atoms with Crippen molar-refractivity contribution in [3.63, 3.8) is 0 Å². The van der Waals surface area contributed by atoms with E-state index in [2.05, 4.69) is 44.4 Å². The highest BCUT2D eigenvalue weighted by molar-refractivity contribution is 5.61. The zero-order valence-corrected chi connectivity index (χ0v) is 16.1. The summed E-state index contributed by atoms with van der Waals surface area (Å²) in [7, 11) is 0. The quantitative estimate of drug-likeness (QED) is 0.671. The number of aromatic nitrogens is 6. The molecule has 7 heteroatoms. The largest absolute Gasteiger partial charge is 0.354 e. The van der Waals surface area contributed by atoms with Crippen LogP contribution in [0.3, 0.4) is 0 Å². The Morgan fingerprint density at radius 1 is 1.26 bits per heavy atom. The van der Waals surface area contributed by atoms with Gasteiger partial charge in [-0.05, 0) is 50.7 Å². The molecule has 0 bridgehead atoms. The van der Waals surface area contributed by atoms with Gasteiger partial charge >= 0.3 is 0 Å². The van der Waals surface area contributed by atoms with Gasteiger partial charge in [-0.2, -0.15) is 10.2 Å². The van der Waals surface area contributed by atoms with Crippen molar-refractivity contribution in [3.8, 4) is 11.3 Å². The fourth-order valence-electron chi connectivity index (χ4n) is 3.78. The summed E-state index contributed by atoms with van der Waals surface area (Å²) in [6.45, 7) is 5.95. The summed E-state index contributed by atoms with van der Waals surface area (Å²) in [5.74, 6) is 0.652. The predicted octanol–water partition coefficient (Wildman–Crippen LogP) is 3.32. The fraction of sp³-hybridized carbons (Fsp3) is 0.500. The number of hydrogen-bond acceptors (Lipinski definition) is 5. The van der Waals surface area contributed by atoms with Crippen molar-refractivity contribution in [2.24, 2.45) is 0 Å². The van der Waals surface area contributed by atoms with Crippen LogP contribution in [0.25, 0.3) is 11.3 Å². The first-order valence-electron chi connectivity index (χ1n) is 9.91. The second-order valence-electron chi connectivity index (χ2n) is 7.14. The maximum Gasteiger partial charge on any atom is 0.223 e. The van der Waals surface area contributed by atoms with Gasteiger partial charge in [-0.15, -0.1) is 0 Å². The van der Waals surface area contributed by atoms with Crippen LogP contribution in [0.2, 0.25) is 0 Å². The Kier molecular flexibility index (Phi) is 5.18. The molecule has 27 heavy (non-hydrogen) atoms. The van der Waals surface area contributed by atoms with Gasteiger partial charge in [0.15, 0.2) is 0 Å². The predicted molar refractivity (Wildman–Crippen MR) is 106 cm³/mol. The molecule has 2 N–H and O–H groups in total. The summed E-state index contributed by atoms with van der Waals surface area (Å²) < 4.78 is 2.03. The SMILES string of the molecule is CCCn1ncc(-c2ccnc(NCCc3n[nH]c4c3CCCC4)n2)c1C. The second-order valence-corrected chi connectivity index (χ2v) is 7.14. The Morgan fingerprint density at radius 3 is 3.04 bits per heavy atom. The second kappa shape index (κ2) is 7.90. The van der Waals surface area contributed by atoms with E-state index < -0.39 is 0 Å². The van der Waals surface area contributed by atoms with Crippen molar-refractivity contribution >= 4 is 5.95 Å². The molecule has 0 amide bonds. The highest BCUT2D eigenvalue weighted by atomic mass is 15.3. The van der Waals surface area contributed by atoms with Crippen LogP contribution < -0.4 is 5.32 Å². The number of aromatic amines is 1. The molecule has 0 radical (unpaired) electrons. The van der Waals surface area contributed by atoms with Crippen molar-refractivity contribution in [2.45, 2.75) is 58.9 Å². The van der Waals surface area contributed by atoms with Gasteiger partial charge in [0.05, 0.1) is 17.6 Å². The molecule has 0 spiro atoms. The molecule has 0 saturated carbocycles. The summed E-state index contributed by atoms with van der Waals surface area (Å²) in [5.41, 5.74) is 7.06. The first-order chi connectivity index (χ1) is 13.3. The number of H-pyrrole nitrogens is 1. The fourth-order valence-corrected chi connectivity index (χ4v) is 3.78. The summed E-state index contributed by atoms with van der Waals surface area (Å²) >= 11 is 0. The van der Waals surface area contributed by atoms with E-state index in [1.165, 1.54) is 29.8 Å². The van der Waals surface area contributed by atoms with Gasteiger partial charge in [-0.1, -0.05) is 6.92 Å². The van der Waals surface area contributed by atoms with Crippen LogP contribution in [-0.4, -0.2) is 36.5 Å². The van der Waals surface area contributed by atoms with Crippen LogP contribution in [0.4, 0.5) is 5.95 Å². The molecule has 0 aliphatic heterocycles. The Morgan fingerprint density at radius 2 is 2.15 bits per heavy atom. The van der Waals surface area contributed by atoms with Crippen LogP contribution >= 0.6 is 0 Å². The number of nitrogens with one attached hydrogen (secondary N) is 2.